The lowest BCUT2D eigenvalue weighted by Gasteiger charge is -2.23. The molecule has 0 aliphatic heterocycles. The smallest absolute Gasteiger partial charge is 0.149 e. The van der Waals surface area contributed by atoms with Crippen molar-refractivity contribution in [1.82, 2.24) is 4.90 Å². The van der Waals surface area contributed by atoms with Crippen LogP contribution in [0.4, 0.5) is 0 Å². The van der Waals surface area contributed by atoms with Crippen molar-refractivity contribution in [1.29, 1.82) is 0 Å². The van der Waals surface area contributed by atoms with Crippen molar-refractivity contribution >= 4 is 6.29 Å². The van der Waals surface area contributed by atoms with Gasteiger partial charge in [-0.3, -0.25) is 4.79 Å². The standard InChI is InChI=1S/C10H15NO/c1-8(11(2)3)10-5-4-9(6-10)7-12/h4-8,10H,1-3H3/t8-,10?/m1/s1. The van der Waals surface area contributed by atoms with E-state index in [0.717, 1.165) is 11.9 Å². The van der Waals surface area contributed by atoms with E-state index in [2.05, 4.69) is 17.9 Å². The monoisotopic (exact) mass is 165 g/mol. The van der Waals surface area contributed by atoms with Gasteiger partial charge in [-0.2, -0.15) is 0 Å². The predicted molar refractivity (Wildman–Crippen MR) is 49.9 cm³/mol. The van der Waals surface area contributed by atoms with Gasteiger partial charge in [0, 0.05) is 17.5 Å². The van der Waals surface area contributed by atoms with Crippen LogP contribution >= 0.6 is 0 Å². The fraction of sp³-hybridized carbons (Fsp3) is 0.500. The van der Waals surface area contributed by atoms with Gasteiger partial charge in [0.15, 0.2) is 0 Å². The van der Waals surface area contributed by atoms with E-state index in [1.54, 1.807) is 0 Å². The maximum absolute atomic E-state index is 10.4. The molecule has 0 amide bonds. The largest absolute Gasteiger partial charge is 0.306 e. The highest BCUT2D eigenvalue weighted by Crippen LogP contribution is 2.20. The van der Waals surface area contributed by atoms with E-state index >= 15 is 0 Å². The lowest BCUT2D eigenvalue weighted by atomic mass is 10.0. The number of rotatable bonds is 3. The molecule has 66 valence electrons. The quantitative estimate of drug-likeness (QED) is 0.586. The Labute approximate surface area is 73.6 Å². The summed E-state index contributed by atoms with van der Waals surface area (Å²) in [7, 11) is 4.09. The van der Waals surface area contributed by atoms with Crippen molar-refractivity contribution in [3.8, 4) is 0 Å². The van der Waals surface area contributed by atoms with Gasteiger partial charge in [-0.05, 0) is 21.0 Å². The molecular formula is C10H15NO. The normalized spacial score (nSPS) is 24.3. The molecule has 0 heterocycles. The van der Waals surface area contributed by atoms with Gasteiger partial charge in [-0.1, -0.05) is 18.2 Å². The summed E-state index contributed by atoms with van der Waals surface area (Å²) >= 11 is 0. The van der Waals surface area contributed by atoms with Crippen LogP contribution in [0.25, 0.3) is 0 Å². The second-order valence-electron chi connectivity index (χ2n) is 3.43. The second kappa shape index (κ2) is 3.68. The van der Waals surface area contributed by atoms with Crippen LogP contribution in [-0.2, 0) is 4.79 Å². The second-order valence-corrected chi connectivity index (χ2v) is 3.43. The maximum Gasteiger partial charge on any atom is 0.149 e. The molecule has 1 unspecified atom stereocenters. The van der Waals surface area contributed by atoms with Crippen molar-refractivity contribution in [3.63, 3.8) is 0 Å². The highest BCUT2D eigenvalue weighted by atomic mass is 16.1. The zero-order valence-corrected chi connectivity index (χ0v) is 7.82. The van der Waals surface area contributed by atoms with E-state index < -0.39 is 0 Å². The number of nitrogens with zero attached hydrogens (tertiary/aromatic N) is 1. The first-order valence-electron chi connectivity index (χ1n) is 4.17. The Bertz CT molecular complexity index is 228. The first-order chi connectivity index (χ1) is 5.65. The summed E-state index contributed by atoms with van der Waals surface area (Å²) < 4.78 is 0. The molecule has 0 bridgehead atoms. The summed E-state index contributed by atoms with van der Waals surface area (Å²) in [6.45, 7) is 2.15. The minimum absolute atomic E-state index is 0.389. The fourth-order valence-corrected chi connectivity index (χ4v) is 1.28. The molecule has 2 nitrogen and oxygen atoms in total. The summed E-state index contributed by atoms with van der Waals surface area (Å²) in [4.78, 5) is 12.6. The third kappa shape index (κ3) is 1.83. The first kappa shape index (κ1) is 9.20. The molecule has 1 aliphatic rings. The summed E-state index contributed by atoms with van der Waals surface area (Å²) in [6, 6.07) is 0.457. The molecule has 0 aromatic heterocycles. The van der Waals surface area contributed by atoms with E-state index in [9.17, 15) is 4.79 Å². The number of carbonyl (C=O) groups excluding carboxylic acids is 1. The van der Waals surface area contributed by atoms with Crippen molar-refractivity contribution in [2.24, 2.45) is 5.92 Å². The van der Waals surface area contributed by atoms with Gasteiger partial charge < -0.3 is 4.90 Å². The average molecular weight is 165 g/mol. The van der Waals surface area contributed by atoms with Crippen molar-refractivity contribution in [3.05, 3.63) is 23.8 Å². The fourth-order valence-electron chi connectivity index (χ4n) is 1.28. The minimum Gasteiger partial charge on any atom is -0.306 e. The van der Waals surface area contributed by atoms with Crippen molar-refractivity contribution < 1.29 is 4.79 Å². The maximum atomic E-state index is 10.4. The molecule has 0 spiro atoms. The van der Waals surface area contributed by atoms with E-state index in [0.29, 0.717) is 12.0 Å². The Balaban J connectivity index is 2.63. The lowest BCUT2D eigenvalue weighted by Crippen LogP contribution is -2.30. The number of aldehydes is 1. The van der Waals surface area contributed by atoms with Gasteiger partial charge in [0.2, 0.25) is 0 Å². The van der Waals surface area contributed by atoms with Crippen molar-refractivity contribution in [2.75, 3.05) is 14.1 Å². The lowest BCUT2D eigenvalue weighted by molar-refractivity contribution is -0.104. The first-order valence-corrected chi connectivity index (χ1v) is 4.17. The molecule has 0 N–H and O–H groups in total. The molecule has 0 fully saturated rings. The zero-order chi connectivity index (χ0) is 9.14. The highest BCUT2D eigenvalue weighted by Gasteiger charge is 2.17. The summed E-state index contributed by atoms with van der Waals surface area (Å²) in [6.07, 6.45) is 6.88. The zero-order valence-electron chi connectivity index (χ0n) is 7.82. The van der Waals surface area contributed by atoms with E-state index in [4.69, 9.17) is 0 Å². The topological polar surface area (TPSA) is 20.3 Å². The van der Waals surface area contributed by atoms with Crippen LogP contribution in [0.2, 0.25) is 0 Å². The Morgan fingerprint density at radius 3 is 2.67 bits per heavy atom. The van der Waals surface area contributed by atoms with Gasteiger partial charge in [-0.15, -0.1) is 0 Å². The highest BCUT2D eigenvalue weighted by molar-refractivity contribution is 5.78. The minimum atomic E-state index is 0.389. The molecule has 12 heavy (non-hydrogen) atoms. The molecular weight excluding hydrogens is 150 g/mol. The predicted octanol–water partition coefficient (Wildman–Crippen LogP) is 1.25. The van der Waals surface area contributed by atoms with Gasteiger partial charge in [-0.25, -0.2) is 0 Å². The number of hydrogen-bond donors (Lipinski definition) is 0. The third-order valence-electron chi connectivity index (χ3n) is 2.40. The Morgan fingerprint density at radius 2 is 2.25 bits per heavy atom. The van der Waals surface area contributed by atoms with Gasteiger partial charge in [0.05, 0.1) is 0 Å². The van der Waals surface area contributed by atoms with Crippen LogP contribution in [0, 0.1) is 5.92 Å². The van der Waals surface area contributed by atoms with Crippen LogP contribution in [-0.4, -0.2) is 31.3 Å². The van der Waals surface area contributed by atoms with Crippen LogP contribution in [0.5, 0.6) is 0 Å². The molecule has 2 heteroatoms. The van der Waals surface area contributed by atoms with Crippen LogP contribution in [0.3, 0.4) is 0 Å². The molecule has 0 aromatic carbocycles. The Kier molecular flexibility index (Phi) is 2.82. The molecule has 2 atom stereocenters. The molecule has 1 aliphatic carbocycles. The summed E-state index contributed by atoms with van der Waals surface area (Å²) in [5.74, 6) is 0.389. The molecule has 0 saturated heterocycles. The summed E-state index contributed by atoms with van der Waals surface area (Å²) in [5.41, 5.74) is 0.800. The van der Waals surface area contributed by atoms with E-state index in [1.165, 1.54) is 0 Å². The van der Waals surface area contributed by atoms with Gasteiger partial charge in [0.1, 0.15) is 6.29 Å². The molecule has 1 rings (SSSR count). The Hall–Kier alpha value is -0.890. The molecule has 0 radical (unpaired) electrons. The SMILES string of the molecule is C[C@H](C1C=CC(C=O)=C1)N(C)C. The molecule has 0 saturated carbocycles. The summed E-state index contributed by atoms with van der Waals surface area (Å²) in [5, 5.41) is 0. The average Bonchev–Trinajstić information content (AvgIpc) is 2.50. The third-order valence-corrected chi connectivity index (χ3v) is 2.40. The van der Waals surface area contributed by atoms with Gasteiger partial charge >= 0.3 is 0 Å². The molecule has 0 aromatic rings. The van der Waals surface area contributed by atoms with Gasteiger partial charge in [0.25, 0.3) is 0 Å². The number of hydrogen-bond acceptors (Lipinski definition) is 2. The number of allylic oxidation sites excluding steroid dienone is 2. The van der Waals surface area contributed by atoms with E-state index in [1.807, 2.05) is 26.2 Å². The van der Waals surface area contributed by atoms with E-state index in [-0.39, 0.29) is 0 Å². The Morgan fingerprint density at radius 1 is 1.58 bits per heavy atom. The van der Waals surface area contributed by atoms with Crippen LogP contribution in [0.1, 0.15) is 6.92 Å². The van der Waals surface area contributed by atoms with Crippen LogP contribution in [0.15, 0.2) is 23.8 Å². The van der Waals surface area contributed by atoms with Crippen LogP contribution < -0.4 is 0 Å². The van der Waals surface area contributed by atoms with Crippen molar-refractivity contribution in [2.45, 2.75) is 13.0 Å². The number of carbonyl (C=O) groups is 1.